The van der Waals surface area contributed by atoms with Gasteiger partial charge in [-0.15, -0.1) is 0 Å². The molecule has 0 bridgehead atoms. The lowest BCUT2D eigenvalue weighted by molar-refractivity contribution is 0.108. The summed E-state index contributed by atoms with van der Waals surface area (Å²) >= 11 is 0. The molecule has 0 atom stereocenters. The first kappa shape index (κ1) is 24.0. The quantitative estimate of drug-likeness (QED) is 0.380. The zero-order valence-corrected chi connectivity index (χ0v) is 21.7. The lowest BCUT2D eigenvalue weighted by Gasteiger charge is -2.44. The Kier molecular flexibility index (Phi) is 6.49. The molecule has 7 nitrogen and oxygen atoms in total. The van der Waals surface area contributed by atoms with Gasteiger partial charge in [0.15, 0.2) is 0 Å². The summed E-state index contributed by atoms with van der Waals surface area (Å²) in [5, 5.41) is 9.90. The van der Waals surface area contributed by atoms with Gasteiger partial charge in [-0.05, 0) is 55.5 Å². The third-order valence-electron chi connectivity index (χ3n) is 7.46. The van der Waals surface area contributed by atoms with Gasteiger partial charge in [-0.2, -0.15) is 5.10 Å². The van der Waals surface area contributed by atoms with Crippen LogP contribution in [0.5, 0.6) is 0 Å². The SMILES string of the molecule is C=C(Nc1cc2cc(-c3cnn(C)c3)ccc2cn1)c1ccnc(N2CCN(C(C)(C)CC)CC2)c1. The van der Waals surface area contributed by atoms with Crippen molar-refractivity contribution in [2.75, 3.05) is 36.4 Å². The van der Waals surface area contributed by atoms with E-state index in [9.17, 15) is 0 Å². The molecule has 1 fully saturated rings. The first-order valence-corrected chi connectivity index (χ1v) is 12.6. The van der Waals surface area contributed by atoms with Crippen LogP contribution in [0.15, 0.2) is 67.8 Å². The largest absolute Gasteiger partial charge is 0.354 e. The molecule has 0 radical (unpaired) electrons. The number of hydrogen-bond donors (Lipinski definition) is 1. The average molecular weight is 482 g/mol. The highest BCUT2D eigenvalue weighted by atomic mass is 15.3. The highest BCUT2D eigenvalue weighted by molar-refractivity contribution is 5.89. The average Bonchev–Trinajstić information content (AvgIpc) is 3.34. The molecule has 7 heteroatoms. The van der Waals surface area contributed by atoms with Crippen LogP contribution in [0.25, 0.3) is 27.6 Å². The van der Waals surface area contributed by atoms with Gasteiger partial charge in [0.1, 0.15) is 11.6 Å². The van der Waals surface area contributed by atoms with Crippen LogP contribution in [0.3, 0.4) is 0 Å². The Morgan fingerprint density at radius 2 is 1.78 bits per heavy atom. The summed E-state index contributed by atoms with van der Waals surface area (Å²) in [7, 11) is 1.93. The second kappa shape index (κ2) is 9.74. The molecule has 0 unspecified atom stereocenters. The number of nitrogens with one attached hydrogen (secondary N) is 1. The molecule has 1 aromatic carbocycles. The van der Waals surface area contributed by atoms with E-state index >= 15 is 0 Å². The van der Waals surface area contributed by atoms with Gasteiger partial charge in [-0.3, -0.25) is 9.58 Å². The van der Waals surface area contributed by atoms with Gasteiger partial charge in [0, 0.05) is 79.6 Å². The Balaban J connectivity index is 1.29. The zero-order chi connectivity index (χ0) is 25.3. The molecule has 1 N–H and O–H groups in total. The number of rotatable bonds is 7. The van der Waals surface area contributed by atoms with Crippen LogP contribution in [0.2, 0.25) is 0 Å². The second-order valence-corrected chi connectivity index (χ2v) is 10.2. The highest BCUT2D eigenvalue weighted by Gasteiger charge is 2.28. The molecule has 0 spiro atoms. The summed E-state index contributed by atoms with van der Waals surface area (Å²) in [6.07, 6.45) is 8.82. The summed E-state index contributed by atoms with van der Waals surface area (Å²) in [6.45, 7) is 15.3. The third kappa shape index (κ3) is 4.97. The predicted molar refractivity (Wildman–Crippen MR) is 149 cm³/mol. The predicted octanol–water partition coefficient (Wildman–Crippen LogP) is 5.42. The molecule has 0 amide bonds. The van der Waals surface area contributed by atoms with E-state index in [1.54, 1.807) is 0 Å². The summed E-state index contributed by atoms with van der Waals surface area (Å²) in [5.74, 6) is 1.77. The van der Waals surface area contributed by atoms with Crippen molar-refractivity contribution in [3.63, 3.8) is 0 Å². The molecule has 186 valence electrons. The van der Waals surface area contributed by atoms with Gasteiger partial charge in [0.2, 0.25) is 0 Å². The number of aromatic nitrogens is 4. The van der Waals surface area contributed by atoms with E-state index in [-0.39, 0.29) is 5.54 Å². The standard InChI is InChI=1S/C29H35N7/c1-6-29(3,4)36-13-11-35(12-14-36)28-17-22(9-10-30-28)21(2)33-27-16-25-15-23(7-8-24(25)18-31-27)26-19-32-34(5)20-26/h7-10,15-20H,2,6,11-14H2,1,3-5H3,(H,31,33). The fourth-order valence-electron chi connectivity index (χ4n) is 4.73. The van der Waals surface area contributed by atoms with E-state index < -0.39 is 0 Å². The van der Waals surface area contributed by atoms with Gasteiger partial charge in [-0.1, -0.05) is 25.6 Å². The minimum atomic E-state index is 0.241. The van der Waals surface area contributed by atoms with Crippen LogP contribution in [0.4, 0.5) is 11.6 Å². The van der Waals surface area contributed by atoms with Crippen LogP contribution >= 0.6 is 0 Å². The van der Waals surface area contributed by atoms with Crippen molar-refractivity contribution < 1.29 is 0 Å². The van der Waals surface area contributed by atoms with E-state index in [4.69, 9.17) is 0 Å². The Morgan fingerprint density at radius 1 is 0.972 bits per heavy atom. The molecule has 1 aliphatic rings. The van der Waals surface area contributed by atoms with E-state index in [1.807, 2.05) is 42.6 Å². The smallest absolute Gasteiger partial charge is 0.130 e. The molecular formula is C29H35N7. The van der Waals surface area contributed by atoms with Gasteiger partial charge in [0.05, 0.1) is 6.20 Å². The maximum atomic E-state index is 4.66. The number of fused-ring (bicyclic) bond motifs is 1. The fraction of sp³-hybridized carbons (Fsp3) is 0.345. The second-order valence-electron chi connectivity index (χ2n) is 10.2. The number of hydrogen-bond acceptors (Lipinski definition) is 6. The van der Waals surface area contributed by atoms with E-state index in [1.165, 1.54) is 0 Å². The lowest BCUT2D eigenvalue weighted by atomic mass is 9.98. The van der Waals surface area contributed by atoms with E-state index in [2.05, 4.69) is 87.9 Å². The first-order chi connectivity index (χ1) is 17.3. The summed E-state index contributed by atoms with van der Waals surface area (Å²) in [4.78, 5) is 14.2. The highest BCUT2D eigenvalue weighted by Crippen LogP contribution is 2.27. The Morgan fingerprint density at radius 3 is 2.50 bits per heavy atom. The van der Waals surface area contributed by atoms with Crippen LogP contribution in [-0.2, 0) is 7.05 Å². The minimum Gasteiger partial charge on any atom is -0.354 e. The van der Waals surface area contributed by atoms with Gasteiger partial charge < -0.3 is 10.2 Å². The van der Waals surface area contributed by atoms with E-state index in [0.29, 0.717) is 0 Å². The molecule has 1 saturated heterocycles. The molecule has 5 rings (SSSR count). The van der Waals surface area contributed by atoms with Crippen molar-refractivity contribution in [3.05, 3.63) is 73.3 Å². The molecule has 4 heterocycles. The van der Waals surface area contributed by atoms with Gasteiger partial charge in [-0.25, -0.2) is 9.97 Å². The molecule has 0 aliphatic carbocycles. The van der Waals surface area contributed by atoms with Gasteiger partial charge >= 0.3 is 0 Å². The Labute approximate surface area is 213 Å². The number of pyridine rings is 2. The van der Waals surface area contributed by atoms with Crippen molar-refractivity contribution in [1.29, 1.82) is 0 Å². The van der Waals surface area contributed by atoms with Crippen molar-refractivity contribution in [3.8, 4) is 11.1 Å². The van der Waals surface area contributed by atoms with Crippen LogP contribution in [-0.4, -0.2) is 56.4 Å². The van der Waals surface area contributed by atoms with Crippen molar-refractivity contribution in [2.24, 2.45) is 7.05 Å². The summed E-state index contributed by atoms with van der Waals surface area (Å²) in [6, 6.07) is 12.6. The maximum absolute atomic E-state index is 4.66. The van der Waals surface area contributed by atoms with E-state index in [0.717, 1.165) is 77.4 Å². The van der Waals surface area contributed by atoms with Crippen LogP contribution < -0.4 is 10.2 Å². The zero-order valence-electron chi connectivity index (χ0n) is 21.7. The van der Waals surface area contributed by atoms with Gasteiger partial charge in [0.25, 0.3) is 0 Å². The van der Waals surface area contributed by atoms with Crippen molar-refractivity contribution in [2.45, 2.75) is 32.7 Å². The molecule has 4 aromatic rings. The molecule has 0 saturated carbocycles. The lowest BCUT2D eigenvalue weighted by Crippen LogP contribution is -2.54. The monoisotopic (exact) mass is 481 g/mol. The first-order valence-electron chi connectivity index (χ1n) is 12.6. The molecule has 3 aromatic heterocycles. The Bertz CT molecular complexity index is 1380. The summed E-state index contributed by atoms with van der Waals surface area (Å²) in [5.41, 5.74) is 4.29. The normalized spacial score (nSPS) is 14.8. The number of piperazine rings is 1. The molecular weight excluding hydrogens is 446 g/mol. The van der Waals surface area contributed by atoms with Crippen LogP contribution in [0.1, 0.15) is 32.8 Å². The third-order valence-corrected chi connectivity index (χ3v) is 7.46. The van der Waals surface area contributed by atoms with Crippen LogP contribution in [0, 0.1) is 0 Å². The van der Waals surface area contributed by atoms with Crippen molar-refractivity contribution in [1.82, 2.24) is 24.6 Å². The number of benzene rings is 1. The topological polar surface area (TPSA) is 62.1 Å². The fourth-order valence-corrected chi connectivity index (χ4v) is 4.73. The number of anilines is 2. The molecule has 36 heavy (non-hydrogen) atoms. The van der Waals surface area contributed by atoms with Crippen molar-refractivity contribution >= 4 is 28.1 Å². The number of nitrogens with zero attached hydrogens (tertiary/aromatic N) is 6. The number of aryl methyl sites for hydroxylation is 1. The summed E-state index contributed by atoms with van der Waals surface area (Å²) < 4.78 is 1.82. The minimum absolute atomic E-state index is 0.241. The Hall–Kier alpha value is -3.71. The molecule has 1 aliphatic heterocycles. The maximum Gasteiger partial charge on any atom is 0.130 e.